The van der Waals surface area contributed by atoms with Crippen LogP contribution >= 0.6 is 0 Å². The largest absolute Gasteiger partial charge is 0.484 e. The summed E-state index contributed by atoms with van der Waals surface area (Å²) in [6, 6.07) is 5.87. The third kappa shape index (κ3) is 3.47. The molecule has 1 atom stereocenters. The van der Waals surface area contributed by atoms with Gasteiger partial charge in [0.2, 0.25) is 0 Å². The van der Waals surface area contributed by atoms with Crippen LogP contribution in [0.15, 0.2) is 18.2 Å². The second-order valence-corrected chi connectivity index (χ2v) is 5.02. The van der Waals surface area contributed by atoms with Gasteiger partial charge in [-0.15, -0.1) is 0 Å². The molecule has 0 radical (unpaired) electrons. The van der Waals surface area contributed by atoms with Gasteiger partial charge in [-0.25, -0.2) is 0 Å². The fourth-order valence-electron chi connectivity index (χ4n) is 2.19. The first-order valence-electron chi connectivity index (χ1n) is 6.61. The zero-order chi connectivity index (χ0) is 13.8. The highest BCUT2D eigenvalue weighted by Crippen LogP contribution is 2.17. The first-order chi connectivity index (χ1) is 9.10. The Labute approximate surface area is 114 Å². The number of methoxy groups -OCH3 is 1. The van der Waals surface area contributed by atoms with E-state index in [0.29, 0.717) is 6.54 Å². The Morgan fingerprint density at radius 1 is 1.37 bits per heavy atom. The van der Waals surface area contributed by atoms with E-state index in [2.05, 4.69) is 6.92 Å². The summed E-state index contributed by atoms with van der Waals surface area (Å²) in [4.78, 5) is 13.8. The summed E-state index contributed by atoms with van der Waals surface area (Å²) < 4.78 is 10.8. The highest BCUT2D eigenvalue weighted by molar-refractivity contribution is 5.78. The van der Waals surface area contributed by atoms with Crippen LogP contribution in [-0.2, 0) is 9.53 Å². The Morgan fingerprint density at radius 2 is 2.16 bits per heavy atom. The van der Waals surface area contributed by atoms with E-state index in [4.69, 9.17) is 9.47 Å². The van der Waals surface area contributed by atoms with Crippen molar-refractivity contribution in [1.29, 1.82) is 0 Å². The molecule has 0 unspecified atom stereocenters. The van der Waals surface area contributed by atoms with E-state index < -0.39 is 0 Å². The maximum absolute atomic E-state index is 12.0. The van der Waals surface area contributed by atoms with E-state index in [0.717, 1.165) is 18.7 Å². The highest BCUT2D eigenvalue weighted by Gasteiger charge is 2.26. The van der Waals surface area contributed by atoms with Crippen LogP contribution in [-0.4, -0.2) is 43.7 Å². The van der Waals surface area contributed by atoms with Gasteiger partial charge >= 0.3 is 0 Å². The first kappa shape index (κ1) is 13.9. The lowest BCUT2D eigenvalue weighted by molar-refractivity contribution is -0.132. The SMILES string of the molecule is CO[C@@H]1CCN(C(=O)COc2ccc(C)c(C)c2)C1. The Hall–Kier alpha value is -1.55. The average Bonchev–Trinajstić information content (AvgIpc) is 2.88. The lowest BCUT2D eigenvalue weighted by Crippen LogP contribution is -2.33. The quantitative estimate of drug-likeness (QED) is 0.833. The molecular weight excluding hydrogens is 242 g/mol. The van der Waals surface area contributed by atoms with Crippen molar-refractivity contribution in [2.24, 2.45) is 0 Å². The lowest BCUT2D eigenvalue weighted by Gasteiger charge is -2.16. The van der Waals surface area contributed by atoms with Crippen molar-refractivity contribution in [3.8, 4) is 5.75 Å². The predicted octanol–water partition coefficient (Wildman–Crippen LogP) is 1.93. The molecule has 2 rings (SSSR count). The molecule has 4 nitrogen and oxygen atoms in total. The van der Waals surface area contributed by atoms with Crippen molar-refractivity contribution in [3.63, 3.8) is 0 Å². The summed E-state index contributed by atoms with van der Waals surface area (Å²) in [6.07, 6.45) is 1.08. The molecule has 0 aliphatic carbocycles. The van der Waals surface area contributed by atoms with Gasteiger partial charge in [0, 0.05) is 20.2 Å². The fourth-order valence-corrected chi connectivity index (χ4v) is 2.19. The number of carbonyl (C=O) groups excluding carboxylic acids is 1. The van der Waals surface area contributed by atoms with Crippen LogP contribution in [0.3, 0.4) is 0 Å². The molecule has 1 amide bonds. The van der Waals surface area contributed by atoms with Gasteiger partial charge in [-0.3, -0.25) is 4.79 Å². The van der Waals surface area contributed by atoms with Crippen molar-refractivity contribution in [3.05, 3.63) is 29.3 Å². The molecule has 104 valence electrons. The van der Waals surface area contributed by atoms with Gasteiger partial charge in [-0.05, 0) is 43.5 Å². The van der Waals surface area contributed by atoms with Gasteiger partial charge in [0.1, 0.15) is 5.75 Å². The number of hydrogen-bond acceptors (Lipinski definition) is 3. The molecule has 0 aromatic heterocycles. The molecule has 1 aromatic carbocycles. The fraction of sp³-hybridized carbons (Fsp3) is 0.533. The summed E-state index contributed by atoms with van der Waals surface area (Å²) >= 11 is 0. The molecule has 1 heterocycles. The van der Waals surface area contributed by atoms with E-state index >= 15 is 0 Å². The third-order valence-corrected chi connectivity index (χ3v) is 3.67. The van der Waals surface area contributed by atoms with Crippen LogP contribution in [0.5, 0.6) is 5.75 Å². The van der Waals surface area contributed by atoms with Gasteiger partial charge in [-0.1, -0.05) is 6.07 Å². The molecule has 1 fully saturated rings. The minimum Gasteiger partial charge on any atom is -0.484 e. The van der Waals surface area contributed by atoms with Crippen molar-refractivity contribution in [2.45, 2.75) is 26.4 Å². The van der Waals surface area contributed by atoms with E-state index in [9.17, 15) is 4.79 Å². The number of hydrogen-bond donors (Lipinski definition) is 0. The minimum absolute atomic E-state index is 0.0257. The molecule has 0 saturated carbocycles. The number of amides is 1. The van der Waals surface area contributed by atoms with Crippen molar-refractivity contribution >= 4 is 5.91 Å². The van der Waals surface area contributed by atoms with E-state index in [1.807, 2.05) is 25.1 Å². The number of likely N-dealkylation sites (tertiary alicyclic amines) is 1. The number of aryl methyl sites for hydroxylation is 2. The molecule has 0 spiro atoms. The van der Waals surface area contributed by atoms with E-state index in [1.54, 1.807) is 12.0 Å². The lowest BCUT2D eigenvalue weighted by atomic mass is 10.1. The molecule has 0 N–H and O–H groups in total. The van der Waals surface area contributed by atoms with Crippen molar-refractivity contribution in [1.82, 2.24) is 4.90 Å². The van der Waals surface area contributed by atoms with Gasteiger partial charge in [0.25, 0.3) is 5.91 Å². The maximum atomic E-state index is 12.0. The number of ether oxygens (including phenoxy) is 2. The minimum atomic E-state index is 0.0257. The van der Waals surface area contributed by atoms with Gasteiger partial charge in [0.15, 0.2) is 6.61 Å². The van der Waals surface area contributed by atoms with Crippen LogP contribution in [0.25, 0.3) is 0 Å². The van der Waals surface area contributed by atoms with Crippen molar-refractivity contribution in [2.75, 3.05) is 26.8 Å². The Balaban J connectivity index is 1.85. The Morgan fingerprint density at radius 3 is 2.79 bits per heavy atom. The van der Waals surface area contributed by atoms with Crippen LogP contribution in [0.4, 0.5) is 0 Å². The third-order valence-electron chi connectivity index (χ3n) is 3.67. The summed E-state index contributed by atoms with van der Waals surface area (Å²) in [5.41, 5.74) is 2.40. The molecule has 1 aliphatic rings. The first-order valence-corrected chi connectivity index (χ1v) is 6.61. The zero-order valence-electron chi connectivity index (χ0n) is 11.8. The topological polar surface area (TPSA) is 38.8 Å². The summed E-state index contributed by atoms with van der Waals surface area (Å²) in [5, 5.41) is 0. The Kier molecular flexibility index (Phi) is 4.43. The van der Waals surface area contributed by atoms with E-state index in [-0.39, 0.29) is 18.6 Å². The van der Waals surface area contributed by atoms with E-state index in [1.165, 1.54) is 11.1 Å². The van der Waals surface area contributed by atoms with Crippen LogP contribution in [0.1, 0.15) is 17.5 Å². The van der Waals surface area contributed by atoms with Gasteiger partial charge in [-0.2, -0.15) is 0 Å². The summed E-state index contributed by atoms with van der Waals surface area (Å²) in [5.74, 6) is 0.775. The number of carbonyl (C=O) groups is 1. The summed E-state index contributed by atoms with van der Waals surface area (Å²) in [6.45, 7) is 5.62. The van der Waals surface area contributed by atoms with Crippen LogP contribution < -0.4 is 4.74 Å². The zero-order valence-corrected chi connectivity index (χ0v) is 11.8. The Bertz CT molecular complexity index is 459. The summed E-state index contributed by atoms with van der Waals surface area (Å²) in [7, 11) is 1.68. The monoisotopic (exact) mass is 263 g/mol. The molecular formula is C15H21NO3. The molecule has 19 heavy (non-hydrogen) atoms. The van der Waals surface area contributed by atoms with Crippen molar-refractivity contribution < 1.29 is 14.3 Å². The maximum Gasteiger partial charge on any atom is 0.260 e. The van der Waals surface area contributed by atoms with Crippen LogP contribution in [0.2, 0.25) is 0 Å². The average molecular weight is 263 g/mol. The second kappa shape index (κ2) is 6.06. The molecule has 4 heteroatoms. The highest BCUT2D eigenvalue weighted by atomic mass is 16.5. The van der Waals surface area contributed by atoms with Crippen LogP contribution in [0, 0.1) is 13.8 Å². The smallest absolute Gasteiger partial charge is 0.260 e. The number of nitrogens with zero attached hydrogens (tertiary/aromatic N) is 1. The number of benzene rings is 1. The second-order valence-electron chi connectivity index (χ2n) is 5.02. The molecule has 1 aromatic rings. The van der Waals surface area contributed by atoms with Gasteiger partial charge < -0.3 is 14.4 Å². The molecule has 1 aliphatic heterocycles. The normalized spacial score (nSPS) is 18.7. The number of rotatable bonds is 4. The molecule has 1 saturated heterocycles. The van der Waals surface area contributed by atoms with Gasteiger partial charge in [0.05, 0.1) is 6.10 Å². The predicted molar refractivity (Wildman–Crippen MR) is 73.4 cm³/mol. The standard InChI is InChI=1S/C15H21NO3/c1-11-4-5-13(8-12(11)2)19-10-15(17)16-7-6-14(9-16)18-3/h4-5,8,14H,6-7,9-10H2,1-3H3/t14-/m1/s1. The molecule has 0 bridgehead atoms.